The summed E-state index contributed by atoms with van der Waals surface area (Å²) in [5.74, 6) is 0.697. The van der Waals surface area contributed by atoms with Gasteiger partial charge in [0.1, 0.15) is 0 Å². The molecule has 3 rings (SSSR count). The van der Waals surface area contributed by atoms with E-state index < -0.39 is 0 Å². The van der Waals surface area contributed by atoms with Gasteiger partial charge < -0.3 is 0 Å². The number of aromatic nitrogens is 2. The molecular weight excluding hydrogens is 220 g/mol. The van der Waals surface area contributed by atoms with Gasteiger partial charge in [0, 0.05) is 22.6 Å². The van der Waals surface area contributed by atoms with Crippen LogP contribution >= 0.6 is 11.6 Å². The smallest absolute Gasteiger partial charge is 0.0724 e. The minimum atomic E-state index is 0.222. The maximum absolute atomic E-state index is 6.35. The van der Waals surface area contributed by atoms with Crippen LogP contribution in [0.4, 0.5) is 0 Å². The predicted octanol–water partition coefficient (Wildman–Crippen LogP) is 3.19. The SMILES string of the molecule is ClC(Cc1nncc2ccccc12)C1CC1. The summed E-state index contributed by atoms with van der Waals surface area (Å²) in [7, 11) is 0. The lowest BCUT2D eigenvalue weighted by Gasteiger charge is -2.08. The van der Waals surface area contributed by atoms with Crippen molar-refractivity contribution in [3.63, 3.8) is 0 Å². The fourth-order valence-electron chi connectivity index (χ4n) is 2.05. The molecule has 2 nitrogen and oxygen atoms in total. The Morgan fingerprint density at radius 3 is 2.94 bits per heavy atom. The van der Waals surface area contributed by atoms with Gasteiger partial charge in [-0.05, 0) is 18.8 Å². The van der Waals surface area contributed by atoms with Crippen molar-refractivity contribution >= 4 is 22.4 Å². The molecule has 2 aromatic rings. The molecule has 1 aliphatic rings. The molecule has 1 aromatic heterocycles. The highest BCUT2D eigenvalue weighted by atomic mass is 35.5. The van der Waals surface area contributed by atoms with Crippen molar-refractivity contribution in [3.8, 4) is 0 Å². The molecule has 0 spiro atoms. The summed E-state index contributed by atoms with van der Waals surface area (Å²) in [5, 5.41) is 10.8. The van der Waals surface area contributed by atoms with Crippen molar-refractivity contribution in [2.75, 3.05) is 0 Å². The predicted molar refractivity (Wildman–Crippen MR) is 65.6 cm³/mol. The Bertz CT molecular complexity index is 503. The largest absolute Gasteiger partial charge is 0.158 e. The topological polar surface area (TPSA) is 25.8 Å². The van der Waals surface area contributed by atoms with Crippen molar-refractivity contribution in [2.45, 2.75) is 24.6 Å². The van der Waals surface area contributed by atoms with Gasteiger partial charge in [0.2, 0.25) is 0 Å². The molecule has 0 bridgehead atoms. The molecule has 0 amide bonds. The van der Waals surface area contributed by atoms with E-state index in [1.165, 1.54) is 18.2 Å². The molecule has 1 fully saturated rings. The van der Waals surface area contributed by atoms with E-state index >= 15 is 0 Å². The molecule has 0 saturated heterocycles. The van der Waals surface area contributed by atoms with E-state index in [0.717, 1.165) is 17.5 Å². The first-order valence-corrected chi connectivity index (χ1v) is 6.11. The Balaban J connectivity index is 1.95. The van der Waals surface area contributed by atoms with Gasteiger partial charge in [0.15, 0.2) is 0 Å². The van der Waals surface area contributed by atoms with E-state index in [1.54, 1.807) is 6.20 Å². The molecule has 1 saturated carbocycles. The van der Waals surface area contributed by atoms with E-state index in [2.05, 4.69) is 22.3 Å². The number of alkyl halides is 1. The minimum Gasteiger partial charge on any atom is -0.158 e. The van der Waals surface area contributed by atoms with Crippen LogP contribution in [0.15, 0.2) is 30.5 Å². The van der Waals surface area contributed by atoms with E-state index in [0.29, 0.717) is 5.92 Å². The average molecular weight is 233 g/mol. The van der Waals surface area contributed by atoms with Crippen LogP contribution < -0.4 is 0 Å². The first-order chi connectivity index (χ1) is 7.84. The van der Waals surface area contributed by atoms with Gasteiger partial charge in [-0.15, -0.1) is 11.6 Å². The number of benzene rings is 1. The molecule has 1 heterocycles. The molecule has 0 radical (unpaired) electrons. The van der Waals surface area contributed by atoms with Crippen LogP contribution in [-0.2, 0) is 6.42 Å². The lowest BCUT2D eigenvalue weighted by Crippen LogP contribution is -2.08. The van der Waals surface area contributed by atoms with E-state index in [9.17, 15) is 0 Å². The van der Waals surface area contributed by atoms with Crippen molar-refractivity contribution < 1.29 is 0 Å². The fourth-order valence-corrected chi connectivity index (χ4v) is 2.45. The third kappa shape index (κ3) is 1.90. The van der Waals surface area contributed by atoms with E-state index in [-0.39, 0.29) is 5.38 Å². The maximum Gasteiger partial charge on any atom is 0.0724 e. The van der Waals surface area contributed by atoms with Gasteiger partial charge in [-0.25, -0.2) is 0 Å². The van der Waals surface area contributed by atoms with Crippen molar-refractivity contribution in [1.82, 2.24) is 10.2 Å². The molecule has 82 valence electrons. The lowest BCUT2D eigenvalue weighted by atomic mass is 10.1. The van der Waals surface area contributed by atoms with E-state index in [1.807, 2.05) is 12.1 Å². The van der Waals surface area contributed by atoms with Crippen LogP contribution in [0, 0.1) is 5.92 Å². The van der Waals surface area contributed by atoms with Gasteiger partial charge in [0.05, 0.1) is 11.9 Å². The summed E-state index contributed by atoms with van der Waals surface area (Å²) in [5.41, 5.74) is 1.03. The zero-order valence-corrected chi connectivity index (χ0v) is 9.69. The normalized spacial score (nSPS) is 17.6. The van der Waals surface area contributed by atoms with Gasteiger partial charge in [-0.3, -0.25) is 0 Å². The number of halogens is 1. The van der Waals surface area contributed by atoms with Crippen LogP contribution in [0.3, 0.4) is 0 Å². The highest BCUT2D eigenvalue weighted by Gasteiger charge is 2.30. The number of hydrogen-bond acceptors (Lipinski definition) is 2. The Labute approximate surface area is 99.6 Å². The van der Waals surface area contributed by atoms with Crippen LogP contribution in [-0.4, -0.2) is 15.6 Å². The van der Waals surface area contributed by atoms with Gasteiger partial charge in [-0.2, -0.15) is 10.2 Å². The number of rotatable bonds is 3. The minimum absolute atomic E-state index is 0.222. The molecule has 1 atom stereocenters. The number of fused-ring (bicyclic) bond motifs is 1. The summed E-state index contributed by atoms with van der Waals surface area (Å²) >= 11 is 6.35. The maximum atomic E-state index is 6.35. The standard InChI is InChI=1S/C13H13ClN2/c14-12(9-5-6-9)7-13-11-4-2-1-3-10(11)8-15-16-13/h1-4,8-9,12H,5-7H2. The number of hydrogen-bond donors (Lipinski definition) is 0. The number of nitrogens with zero attached hydrogens (tertiary/aromatic N) is 2. The highest BCUT2D eigenvalue weighted by molar-refractivity contribution is 6.21. The molecule has 1 unspecified atom stereocenters. The quantitative estimate of drug-likeness (QED) is 0.760. The monoisotopic (exact) mass is 232 g/mol. The molecular formula is C13H13ClN2. The van der Waals surface area contributed by atoms with Gasteiger partial charge in [0.25, 0.3) is 0 Å². The molecule has 0 aliphatic heterocycles. The van der Waals surface area contributed by atoms with Crippen molar-refractivity contribution in [2.24, 2.45) is 5.92 Å². The Morgan fingerprint density at radius 2 is 2.12 bits per heavy atom. The fraction of sp³-hybridized carbons (Fsp3) is 0.385. The van der Waals surface area contributed by atoms with Gasteiger partial charge >= 0.3 is 0 Å². The second kappa shape index (κ2) is 4.02. The van der Waals surface area contributed by atoms with Crippen LogP contribution in [0.5, 0.6) is 0 Å². The van der Waals surface area contributed by atoms with Crippen molar-refractivity contribution in [1.29, 1.82) is 0 Å². The second-order valence-electron chi connectivity index (χ2n) is 4.44. The Morgan fingerprint density at radius 1 is 1.31 bits per heavy atom. The lowest BCUT2D eigenvalue weighted by molar-refractivity contribution is 0.719. The Kier molecular flexibility index (Phi) is 2.52. The summed E-state index contributed by atoms with van der Waals surface area (Å²) < 4.78 is 0. The molecule has 0 N–H and O–H groups in total. The van der Waals surface area contributed by atoms with Crippen LogP contribution in [0.25, 0.3) is 10.8 Å². The first-order valence-electron chi connectivity index (χ1n) is 5.68. The first kappa shape index (κ1) is 10.0. The molecule has 1 aliphatic carbocycles. The van der Waals surface area contributed by atoms with Gasteiger partial charge in [-0.1, -0.05) is 24.3 Å². The summed E-state index contributed by atoms with van der Waals surface area (Å²) in [6, 6.07) is 8.21. The third-order valence-corrected chi connectivity index (χ3v) is 3.68. The summed E-state index contributed by atoms with van der Waals surface area (Å²) in [6.45, 7) is 0. The second-order valence-corrected chi connectivity index (χ2v) is 5.00. The third-order valence-electron chi connectivity index (χ3n) is 3.17. The summed E-state index contributed by atoms with van der Waals surface area (Å²) in [6.07, 6.45) is 5.18. The van der Waals surface area contributed by atoms with Crippen LogP contribution in [0.2, 0.25) is 0 Å². The Hall–Kier alpha value is -1.15. The van der Waals surface area contributed by atoms with E-state index in [4.69, 9.17) is 11.6 Å². The van der Waals surface area contributed by atoms with Crippen molar-refractivity contribution in [3.05, 3.63) is 36.2 Å². The molecule has 3 heteroatoms. The average Bonchev–Trinajstić information content (AvgIpc) is 3.13. The molecule has 16 heavy (non-hydrogen) atoms. The molecule has 1 aromatic carbocycles. The summed E-state index contributed by atoms with van der Waals surface area (Å²) in [4.78, 5) is 0. The zero-order chi connectivity index (χ0) is 11.0. The van der Waals surface area contributed by atoms with Crippen LogP contribution in [0.1, 0.15) is 18.5 Å². The zero-order valence-electron chi connectivity index (χ0n) is 8.94. The highest BCUT2D eigenvalue weighted by Crippen LogP contribution is 2.37.